The van der Waals surface area contributed by atoms with Crippen LogP contribution < -0.4 is 5.32 Å². The number of carbonyl (C=O) groups excluding carboxylic acids is 1. The van der Waals surface area contributed by atoms with Crippen LogP contribution in [0.4, 0.5) is 0 Å². The number of nitrogens with one attached hydrogen (secondary N) is 1. The predicted octanol–water partition coefficient (Wildman–Crippen LogP) is 1.23. The summed E-state index contributed by atoms with van der Waals surface area (Å²) in [4.78, 5) is 13.8. The predicted molar refractivity (Wildman–Crippen MR) is 52.7 cm³/mol. The normalized spacial score (nSPS) is 11.6. The third-order valence-electron chi connectivity index (χ3n) is 1.77. The van der Waals surface area contributed by atoms with Crippen molar-refractivity contribution < 1.29 is 9.53 Å². The molecule has 6 heteroatoms. The minimum absolute atomic E-state index is 0.115. The van der Waals surface area contributed by atoms with Crippen molar-refractivity contribution in [1.29, 1.82) is 0 Å². The summed E-state index contributed by atoms with van der Waals surface area (Å²) in [6.07, 6.45) is 1.18. The fraction of sp³-hybridized carbons (Fsp3) is 0.875. The van der Waals surface area contributed by atoms with Crippen molar-refractivity contribution in [2.45, 2.75) is 25.9 Å². The second-order valence-corrected chi connectivity index (χ2v) is 2.83. The fourth-order valence-electron chi connectivity index (χ4n) is 0.815. The van der Waals surface area contributed by atoms with Crippen LogP contribution in [-0.4, -0.2) is 32.2 Å². The molecular weight excluding hydrogens is 184 g/mol. The van der Waals surface area contributed by atoms with Crippen LogP contribution in [-0.2, 0) is 9.53 Å². The van der Waals surface area contributed by atoms with Crippen molar-refractivity contribution in [2.24, 2.45) is 5.11 Å². The number of azide groups is 1. The molecule has 0 rings (SSSR count). The number of ether oxygens (including phenoxy) is 1. The Morgan fingerprint density at radius 3 is 2.93 bits per heavy atom. The molecule has 0 bridgehead atoms. The first-order chi connectivity index (χ1) is 6.72. The van der Waals surface area contributed by atoms with E-state index in [4.69, 9.17) is 10.3 Å². The molecule has 1 amide bonds. The molecule has 0 aromatic rings. The van der Waals surface area contributed by atoms with Gasteiger partial charge in [-0.15, -0.1) is 0 Å². The number of nitrogens with zero attached hydrogens (tertiary/aromatic N) is 3. The molecule has 0 aliphatic carbocycles. The molecule has 0 aliphatic heterocycles. The molecule has 0 radical (unpaired) electrons. The van der Waals surface area contributed by atoms with Gasteiger partial charge in [-0.05, 0) is 25.3 Å². The van der Waals surface area contributed by atoms with E-state index in [2.05, 4.69) is 15.3 Å². The zero-order valence-electron chi connectivity index (χ0n) is 8.56. The quantitative estimate of drug-likeness (QED) is 0.290. The molecule has 1 unspecified atom stereocenters. The van der Waals surface area contributed by atoms with E-state index in [0.717, 1.165) is 12.8 Å². The van der Waals surface area contributed by atoms with Crippen LogP contribution >= 0.6 is 0 Å². The molecule has 0 aromatic heterocycles. The van der Waals surface area contributed by atoms with Gasteiger partial charge in [0.1, 0.15) is 6.10 Å². The lowest BCUT2D eigenvalue weighted by molar-refractivity contribution is -0.130. The highest BCUT2D eigenvalue weighted by Crippen LogP contribution is 1.90. The first-order valence-electron chi connectivity index (χ1n) is 4.53. The van der Waals surface area contributed by atoms with Crippen molar-refractivity contribution in [3.63, 3.8) is 0 Å². The first-order valence-corrected chi connectivity index (χ1v) is 4.53. The third-order valence-corrected chi connectivity index (χ3v) is 1.77. The molecule has 0 fully saturated rings. The molecule has 6 nitrogen and oxygen atoms in total. The number of carbonyl (C=O) groups is 1. The summed E-state index contributed by atoms with van der Waals surface area (Å²) in [5.74, 6) is -0.115. The SMILES string of the molecule is COC(C)C(=O)NCCCCN=[N+]=[N-]. The maximum absolute atomic E-state index is 11.1. The summed E-state index contributed by atoms with van der Waals surface area (Å²) < 4.78 is 4.83. The summed E-state index contributed by atoms with van der Waals surface area (Å²) in [7, 11) is 1.49. The van der Waals surface area contributed by atoms with Gasteiger partial charge in [-0.1, -0.05) is 5.11 Å². The maximum Gasteiger partial charge on any atom is 0.248 e. The number of methoxy groups -OCH3 is 1. The minimum Gasteiger partial charge on any atom is -0.372 e. The Hall–Kier alpha value is -1.26. The van der Waals surface area contributed by atoms with Gasteiger partial charge in [-0.3, -0.25) is 4.79 Å². The van der Waals surface area contributed by atoms with Gasteiger partial charge in [0.25, 0.3) is 0 Å². The molecule has 1 N–H and O–H groups in total. The number of hydrogen-bond acceptors (Lipinski definition) is 3. The van der Waals surface area contributed by atoms with Gasteiger partial charge >= 0.3 is 0 Å². The second kappa shape index (κ2) is 8.34. The molecule has 0 aromatic carbocycles. The van der Waals surface area contributed by atoms with Crippen LogP contribution in [0.5, 0.6) is 0 Å². The zero-order chi connectivity index (χ0) is 10.8. The molecule has 1 atom stereocenters. The summed E-state index contributed by atoms with van der Waals surface area (Å²) in [5.41, 5.74) is 7.99. The van der Waals surface area contributed by atoms with Crippen molar-refractivity contribution >= 4 is 5.91 Å². The highest BCUT2D eigenvalue weighted by Gasteiger charge is 2.09. The molecule has 0 spiro atoms. The monoisotopic (exact) mass is 200 g/mol. The van der Waals surface area contributed by atoms with E-state index in [1.54, 1.807) is 6.92 Å². The smallest absolute Gasteiger partial charge is 0.248 e. The summed E-state index contributed by atoms with van der Waals surface area (Å²) in [5, 5.41) is 6.09. The lowest BCUT2D eigenvalue weighted by Crippen LogP contribution is -2.34. The van der Waals surface area contributed by atoms with E-state index >= 15 is 0 Å². The van der Waals surface area contributed by atoms with Gasteiger partial charge in [0.15, 0.2) is 0 Å². The van der Waals surface area contributed by atoms with Crippen LogP contribution in [0.3, 0.4) is 0 Å². The van der Waals surface area contributed by atoms with E-state index in [9.17, 15) is 4.79 Å². The van der Waals surface area contributed by atoms with Crippen LogP contribution in [0.15, 0.2) is 5.11 Å². The van der Waals surface area contributed by atoms with Crippen molar-refractivity contribution in [1.82, 2.24) is 5.32 Å². The van der Waals surface area contributed by atoms with Crippen molar-refractivity contribution in [2.75, 3.05) is 20.2 Å². The van der Waals surface area contributed by atoms with E-state index in [-0.39, 0.29) is 5.91 Å². The number of rotatable bonds is 7. The Balaban J connectivity index is 3.35. The molecule has 80 valence electrons. The standard InChI is InChI=1S/C8H16N4O2/c1-7(14-2)8(13)10-5-3-4-6-11-12-9/h7H,3-6H2,1-2H3,(H,10,13). The first kappa shape index (κ1) is 12.7. The van der Waals surface area contributed by atoms with E-state index < -0.39 is 6.10 Å². The van der Waals surface area contributed by atoms with Gasteiger partial charge in [-0.25, -0.2) is 0 Å². The third kappa shape index (κ3) is 6.28. The van der Waals surface area contributed by atoms with Gasteiger partial charge in [0.2, 0.25) is 5.91 Å². The Morgan fingerprint density at radius 2 is 2.36 bits per heavy atom. The highest BCUT2D eigenvalue weighted by atomic mass is 16.5. The largest absolute Gasteiger partial charge is 0.372 e. The Kier molecular flexibility index (Phi) is 7.59. The molecule has 0 heterocycles. The van der Waals surface area contributed by atoms with Gasteiger partial charge in [-0.2, -0.15) is 0 Å². The van der Waals surface area contributed by atoms with E-state index in [0.29, 0.717) is 13.1 Å². The topological polar surface area (TPSA) is 87.1 Å². The highest BCUT2D eigenvalue weighted by molar-refractivity contribution is 5.80. The summed E-state index contributed by atoms with van der Waals surface area (Å²) in [6, 6.07) is 0. The van der Waals surface area contributed by atoms with E-state index in [1.807, 2.05) is 0 Å². The van der Waals surface area contributed by atoms with Gasteiger partial charge in [0, 0.05) is 25.1 Å². The number of amides is 1. The van der Waals surface area contributed by atoms with Crippen LogP contribution in [0.25, 0.3) is 10.4 Å². The fourth-order valence-corrected chi connectivity index (χ4v) is 0.815. The summed E-state index contributed by atoms with van der Waals surface area (Å²) in [6.45, 7) is 2.76. The van der Waals surface area contributed by atoms with Gasteiger partial charge in [0.05, 0.1) is 0 Å². The number of unbranched alkanes of at least 4 members (excludes halogenated alkanes) is 1. The average Bonchev–Trinajstić information content (AvgIpc) is 2.21. The maximum atomic E-state index is 11.1. The van der Waals surface area contributed by atoms with E-state index in [1.165, 1.54) is 7.11 Å². The van der Waals surface area contributed by atoms with Gasteiger partial charge < -0.3 is 10.1 Å². The minimum atomic E-state index is -0.410. The molecular formula is C8H16N4O2. The van der Waals surface area contributed by atoms with Crippen LogP contribution in [0.2, 0.25) is 0 Å². The van der Waals surface area contributed by atoms with Crippen LogP contribution in [0, 0.1) is 0 Å². The lowest BCUT2D eigenvalue weighted by Gasteiger charge is -2.09. The molecule has 0 aliphatic rings. The Morgan fingerprint density at radius 1 is 1.64 bits per heavy atom. The van der Waals surface area contributed by atoms with Crippen LogP contribution in [0.1, 0.15) is 19.8 Å². The molecule has 14 heavy (non-hydrogen) atoms. The zero-order valence-corrected chi connectivity index (χ0v) is 8.56. The Labute approximate surface area is 83.3 Å². The average molecular weight is 200 g/mol. The lowest BCUT2D eigenvalue weighted by atomic mass is 10.3. The molecule has 0 saturated carbocycles. The number of hydrogen-bond donors (Lipinski definition) is 1. The second-order valence-electron chi connectivity index (χ2n) is 2.83. The Bertz CT molecular complexity index is 213. The molecule has 0 saturated heterocycles. The summed E-state index contributed by atoms with van der Waals surface area (Å²) >= 11 is 0. The van der Waals surface area contributed by atoms with Crippen molar-refractivity contribution in [3.05, 3.63) is 10.4 Å². The van der Waals surface area contributed by atoms with Crippen molar-refractivity contribution in [3.8, 4) is 0 Å².